The molecule has 1 aromatic carbocycles. The molecule has 2 rings (SSSR count). The fourth-order valence-electron chi connectivity index (χ4n) is 2.95. The van der Waals surface area contributed by atoms with Crippen molar-refractivity contribution in [2.45, 2.75) is 32.5 Å². The van der Waals surface area contributed by atoms with E-state index in [-0.39, 0.29) is 30.2 Å². The van der Waals surface area contributed by atoms with Gasteiger partial charge in [0.15, 0.2) is 0 Å². The number of ether oxygens (including phenoxy) is 1. The van der Waals surface area contributed by atoms with Gasteiger partial charge in [0.2, 0.25) is 5.91 Å². The van der Waals surface area contributed by atoms with Crippen LogP contribution < -0.4 is 10.6 Å². The van der Waals surface area contributed by atoms with Crippen molar-refractivity contribution >= 4 is 11.8 Å². The van der Waals surface area contributed by atoms with Gasteiger partial charge in [-0.25, -0.2) is 4.39 Å². The fraction of sp³-hybridized carbons (Fsp3) is 0.556. The molecule has 0 bridgehead atoms. The Balaban J connectivity index is 1.60. The molecule has 1 aliphatic rings. The summed E-state index contributed by atoms with van der Waals surface area (Å²) < 4.78 is 18.7. The van der Waals surface area contributed by atoms with Crippen molar-refractivity contribution in [3.05, 3.63) is 35.6 Å². The highest BCUT2D eigenvalue weighted by atomic mass is 19.1. The van der Waals surface area contributed by atoms with Crippen molar-refractivity contribution in [3.63, 3.8) is 0 Å². The summed E-state index contributed by atoms with van der Waals surface area (Å²) in [5, 5.41) is 5.26. The quantitative estimate of drug-likeness (QED) is 0.724. The van der Waals surface area contributed by atoms with Crippen molar-refractivity contribution in [2.75, 3.05) is 32.7 Å². The standard InChI is InChI=1S/C18H26FN3O3/c1-13-11-22(12-14(2)25-13)8-4-7-20-17(23)10-21-18(24)15-5-3-6-16(19)9-15/h3,5-6,9,13-14H,4,7-8,10-12H2,1-2H3,(H,20,23)(H,21,24). The number of halogens is 1. The van der Waals surface area contributed by atoms with Crippen LogP contribution in [0.1, 0.15) is 30.6 Å². The lowest BCUT2D eigenvalue weighted by Gasteiger charge is -2.35. The molecule has 1 heterocycles. The second-order valence-corrected chi connectivity index (χ2v) is 6.41. The Morgan fingerprint density at radius 2 is 1.96 bits per heavy atom. The van der Waals surface area contributed by atoms with E-state index in [1.165, 1.54) is 18.2 Å². The number of amides is 2. The van der Waals surface area contributed by atoms with Crippen LogP contribution in [-0.2, 0) is 9.53 Å². The van der Waals surface area contributed by atoms with Crippen molar-refractivity contribution in [2.24, 2.45) is 0 Å². The van der Waals surface area contributed by atoms with Crippen molar-refractivity contribution in [3.8, 4) is 0 Å². The van der Waals surface area contributed by atoms with Gasteiger partial charge in [0, 0.05) is 31.7 Å². The van der Waals surface area contributed by atoms with Gasteiger partial charge in [0.25, 0.3) is 5.91 Å². The molecule has 0 radical (unpaired) electrons. The summed E-state index contributed by atoms with van der Waals surface area (Å²) in [7, 11) is 0. The topological polar surface area (TPSA) is 70.7 Å². The molecule has 25 heavy (non-hydrogen) atoms. The number of morpholine rings is 1. The lowest BCUT2D eigenvalue weighted by Crippen LogP contribution is -2.46. The first-order valence-corrected chi connectivity index (χ1v) is 8.62. The maximum Gasteiger partial charge on any atom is 0.251 e. The molecule has 2 amide bonds. The summed E-state index contributed by atoms with van der Waals surface area (Å²) in [6, 6.07) is 5.36. The summed E-state index contributed by atoms with van der Waals surface area (Å²) >= 11 is 0. The van der Waals surface area contributed by atoms with E-state index in [1.807, 2.05) is 0 Å². The molecule has 1 aromatic rings. The summed E-state index contributed by atoms with van der Waals surface area (Å²) in [5.74, 6) is -1.21. The van der Waals surface area contributed by atoms with Crippen LogP contribution in [0.3, 0.4) is 0 Å². The average molecular weight is 351 g/mol. The van der Waals surface area contributed by atoms with Crippen LogP contribution in [0.5, 0.6) is 0 Å². The highest BCUT2D eigenvalue weighted by Crippen LogP contribution is 2.10. The van der Waals surface area contributed by atoms with Crippen LogP contribution in [0, 0.1) is 5.82 Å². The first-order valence-electron chi connectivity index (χ1n) is 8.62. The second kappa shape index (κ2) is 9.48. The molecular weight excluding hydrogens is 325 g/mol. The van der Waals surface area contributed by atoms with Crippen LogP contribution in [0.25, 0.3) is 0 Å². The van der Waals surface area contributed by atoms with Crippen LogP contribution in [0.15, 0.2) is 24.3 Å². The molecule has 2 atom stereocenters. The van der Waals surface area contributed by atoms with Gasteiger partial charge in [0.1, 0.15) is 5.82 Å². The molecule has 138 valence electrons. The smallest absolute Gasteiger partial charge is 0.251 e. The first-order chi connectivity index (χ1) is 11.9. The minimum atomic E-state index is -0.483. The van der Waals surface area contributed by atoms with Gasteiger partial charge in [-0.15, -0.1) is 0 Å². The minimum absolute atomic E-state index is 0.124. The third-order valence-electron chi connectivity index (χ3n) is 3.96. The summed E-state index contributed by atoms with van der Waals surface area (Å²) in [6.45, 7) is 7.26. The van der Waals surface area contributed by atoms with E-state index in [2.05, 4.69) is 29.4 Å². The van der Waals surface area contributed by atoms with Crippen molar-refractivity contribution < 1.29 is 18.7 Å². The Labute approximate surface area is 147 Å². The van der Waals surface area contributed by atoms with E-state index >= 15 is 0 Å². The minimum Gasteiger partial charge on any atom is -0.373 e. The zero-order chi connectivity index (χ0) is 18.2. The number of carbonyl (C=O) groups excluding carboxylic acids is 2. The van der Waals surface area contributed by atoms with Crippen molar-refractivity contribution in [1.82, 2.24) is 15.5 Å². The predicted molar refractivity (Wildman–Crippen MR) is 92.8 cm³/mol. The normalized spacial score (nSPS) is 20.9. The Morgan fingerprint density at radius 1 is 1.24 bits per heavy atom. The largest absolute Gasteiger partial charge is 0.373 e. The Kier molecular flexibility index (Phi) is 7.33. The van der Waals surface area contributed by atoms with E-state index in [4.69, 9.17) is 4.74 Å². The SMILES string of the molecule is CC1CN(CCCNC(=O)CNC(=O)c2cccc(F)c2)CC(C)O1. The van der Waals surface area contributed by atoms with Gasteiger partial charge in [-0.05, 0) is 38.5 Å². The third kappa shape index (κ3) is 6.80. The van der Waals surface area contributed by atoms with E-state index in [1.54, 1.807) is 0 Å². The molecule has 0 aliphatic carbocycles. The van der Waals surface area contributed by atoms with Gasteiger partial charge >= 0.3 is 0 Å². The Bertz CT molecular complexity index is 587. The number of nitrogens with one attached hydrogen (secondary N) is 2. The summed E-state index contributed by atoms with van der Waals surface area (Å²) in [5.41, 5.74) is 0.198. The van der Waals surface area contributed by atoms with Gasteiger partial charge in [-0.2, -0.15) is 0 Å². The van der Waals surface area contributed by atoms with Gasteiger partial charge in [-0.1, -0.05) is 6.07 Å². The van der Waals surface area contributed by atoms with E-state index in [9.17, 15) is 14.0 Å². The Hall–Kier alpha value is -1.99. The molecular formula is C18H26FN3O3. The molecule has 1 aliphatic heterocycles. The summed E-state index contributed by atoms with van der Waals surface area (Å²) in [6.07, 6.45) is 1.30. The number of carbonyl (C=O) groups is 2. The third-order valence-corrected chi connectivity index (χ3v) is 3.96. The van der Waals surface area contributed by atoms with Gasteiger partial charge < -0.3 is 15.4 Å². The maximum atomic E-state index is 13.1. The van der Waals surface area contributed by atoms with Gasteiger partial charge in [-0.3, -0.25) is 14.5 Å². The average Bonchev–Trinajstić information content (AvgIpc) is 2.55. The summed E-state index contributed by atoms with van der Waals surface area (Å²) in [4.78, 5) is 25.9. The molecule has 1 fully saturated rings. The Morgan fingerprint density at radius 3 is 2.64 bits per heavy atom. The predicted octanol–water partition coefficient (Wildman–Crippen LogP) is 1.17. The van der Waals surface area contributed by atoms with E-state index in [0.29, 0.717) is 6.54 Å². The molecule has 7 heteroatoms. The first kappa shape index (κ1) is 19.3. The van der Waals surface area contributed by atoms with Crippen LogP contribution in [0.2, 0.25) is 0 Å². The second-order valence-electron chi connectivity index (χ2n) is 6.41. The fourth-order valence-corrected chi connectivity index (χ4v) is 2.95. The lowest BCUT2D eigenvalue weighted by atomic mass is 10.2. The zero-order valence-electron chi connectivity index (χ0n) is 14.8. The number of rotatable bonds is 7. The van der Waals surface area contributed by atoms with E-state index in [0.717, 1.165) is 32.1 Å². The maximum absolute atomic E-state index is 13.1. The highest BCUT2D eigenvalue weighted by molar-refractivity contribution is 5.96. The van der Waals surface area contributed by atoms with Crippen LogP contribution in [-0.4, -0.2) is 61.6 Å². The molecule has 2 unspecified atom stereocenters. The molecule has 1 saturated heterocycles. The molecule has 0 aromatic heterocycles. The number of hydrogen-bond acceptors (Lipinski definition) is 4. The van der Waals surface area contributed by atoms with Gasteiger partial charge in [0.05, 0.1) is 18.8 Å². The zero-order valence-corrected chi connectivity index (χ0v) is 14.8. The number of nitrogens with zero attached hydrogens (tertiary/aromatic N) is 1. The lowest BCUT2D eigenvalue weighted by molar-refractivity contribution is -0.120. The van der Waals surface area contributed by atoms with Crippen LogP contribution >= 0.6 is 0 Å². The highest BCUT2D eigenvalue weighted by Gasteiger charge is 2.21. The molecule has 0 spiro atoms. The number of benzene rings is 1. The monoisotopic (exact) mass is 351 g/mol. The van der Waals surface area contributed by atoms with Crippen LogP contribution in [0.4, 0.5) is 4.39 Å². The van der Waals surface area contributed by atoms with Crippen molar-refractivity contribution in [1.29, 1.82) is 0 Å². The molecule has 2 N–H and O–H groups in total. The van der Waals surface area contributed by atoms with E-state index < -0.39 is 11.7 Å². The molecule has 0 saturated carbocycles. The number of hydrogen-bond donors (Lipinski definition) is 2. The molecule has 6 nitrogen and oxygen atoms in total.